The van der Waals surface area contributed by atoms with Crippen molar-refractivity contribution in [2.24, 2.45) is 5.92 Å². The third kappa shape index (κ3) is 3.02. The Morgan fingerprint density at radius 1 is 1.07 bits per heavy atom. The first-order valence-corrected chi connectivity index (χ1v) is 9.31. The molecule has 2 bridgehead atoms. The van der Waals surface area contributed by atoms with Crippen LogP contribution in [0.5, 0.6) is 0 Å². The Labute approximate surface area is 157 Å². The number of nitrogens with zero attached hydrogens (tertiary/aromatic N) is 2. The lowest BCUT2D eigenvalue weighted by molar-refractivity contribution is -0.121. The fourth-order valence-electron chi connectivity index (χ4n) is 4.04. The molecule has 1 amide bonds. The Balaban J connectivity index is 1.40. The Hall–Kier alpha value is -2.99. The number of hydrogen-bond donors (Lipinski definition) is 2. The van der Waals surface area contributed by atoms with Crippen LogP contribution >= 0.6 is 0 Å². The molecule has 2 aliphatic heterocycles. The number of anilines is 1. The lowest BCUT2D eigenvalue weighted by Gasteiger charge is -2.18. The standard InChI is InChI=1S/C21H20N4O2/c26-21(16-12-14-10-11-18(16)27-14)22-17-9-5-4-8-15(17)20-23-19(24-25-20)13-6-2-1-3-7-13/h1-9,14,16,18H,10-12H2,(H,22,26)(H,23,24,25)/t14-,16-,18+/m1/s1. The number of nitrogens with one attached hydrogen (secondary N) is 2. The number of fused-ring (bicyclic) bond motifs is 2. The average molecular weight is 360 g/mol. The third-order valence-electron chi connectivity index (χ3n) is 5.40. The average Bonchev–Trinajstić information content (AvgIpc) is 3.46. The van der Waals surface area contributed by atoms with Gasteiger partial charge in [-0.1, -0.05) is 42.5 Å². The zero-order valence-corrected chi connectivity index (χ0v) is 14.8. The summed E-state index contributed by atoms with van der Waals surface area (Å²) in [5, 5.41) is 10.4. The molecule has 0 unspecified atom stereocenters. The highest BCUT2D eigenvalue weighted by molar-refractivity contribution is 5.96. The highest BCUT2D eigenvalue weighted by Gasteiger charge is 2.44. The molecule has 2 aromatic carbocycles. The summed E-state index contributed by atoms with van der Waals surface area (Å²) in [5.74, 6) is 1.23. The lowest BCUT2D eigenvalue weighted by atomic mass is 9.88. The van der Waals surface area contributed by atoms with E-state index in [4.69, 9.17) is 4.74 Å². The SMILES string of the molecule is O=C(Nc1ccccc1-c1nc(-c2ccccc2)n[nH]1)[C@@H]1C[C@H]2CC[C@@H]1O2. The van der Waals surface area contributed by atoms with Crippen molar-refractivity contribution in [3.8, 4) is 22.8 Å². The van der Waals surface area contributed by atoms with Crippen LogP contribution in [0.2, 0.25) is 0 Å². The van der Waals surface area contributed by atoms with Gasteiger partial charge in [-0.3, -0.25) is 9.89 Å². The normalized spacial score (nSPS) is 23.5. The summed E-state index contributed by atoms with van der Waals surface area (Å²) in [6, 6.07) is 17.5. The van der Waals surface area contributed by atoms with Crippen molar-refractivity contribution < 1.29 is 9.53 Å². The van der Waals surface area contributed by atoms with Gasteiger partial charge in [0.2, 0.25) is 5.91 Å². The van der Waals surface area contributed by atoms with E-state index < -0.39 is 0 Å². The van der Waals surface area contributed by atoms with Crippen molar-refractivity contribution in [3.05, 3.63) is 54.6 Å². The van der Waals surface area contributed by atoms with Crippen molar-refractivity contribution >= 4 is 11.6 Å². The van der Waals surface area contributed by atoms with Crippen LogP contribution in [0.4, 0.5) is 5.69 Å². The summed E-state index contributed by atoms with van der Waals surface area (Å²) in [6.45, 7) is 0. The maximum Gasteiger partial charge on any atom is 0.230 e. The molecule has 2 N–H and O–H groups in total. The minimum Gasteiger partial charge on any atom is -0.374 e. The fraction of sp³-hybridized carbons (Fsp3) is 0.286. The predicted molar refractivity (Wildman–Crippen MR) is 102 cm³/mol. The minimum absolute atomic E-state index is 0.0254. The second-order valence-corrected chi connectivity index (χ2v) is 7.12. The summed E-state index contributed by atoms with van der Waals surface area (Å²) in [4.78, 5) is 17.4. The maximum atomic E-state index is 12.8. The molecule has 2 fully saturated rings. The molecule has 0 spiro atoms. The Morgan fingerprint density at radius 2 is 1.89 bits per heavy atom. The molecule has 27 heavy (non-hydrogen) atoms. The van der Waals surface area contributed by atoms with Gasteiger partial charge in [0, 0.05) is 11.1 Å². The molecule has 6 heteroatoms. The van der Waals surface area contributed by atoms with Crippen LogP contribution < -0.4 is 5.32 Å². The molecule has 2 aliphatic rings. The van der Waals surface area contributed by atoms with E-state index in [1.807, 2.05) is 54.6 Å². The number of para-hydroxylation sites is 1. The highest BCUT2D eigenvalue weighted by Crippen LogP contribution is 2.39. The van der Waals surface area contributed by atoms with E-state index in [2.05, 4.69) is 20.5 Å². The molecule has 2 saturated heterocycles. The molecule has 0 saturated carbocycles. The molecular formula is C21H20N4O2. The first-order valence-electron chi connectivity index (χ1n) is 9.31. The van der Waals surface area contributed by atoms with Crippen molar-refractivity contribution in [3.63, 3.8) is 0 Å². The number of rotatable bonds is 4. The van der Waals surface area contributed by atoms with Gasteiger partial charge >= 0.3 is 0 Å². The largest absolute Gasteiger partial charge is 0.374 e. The van der Waals surface area contributed by atoms with Gasteiger partial charge in [-0.05, 0) is 31.4 Å². The van der Waals surface area contributed by atoms with Gasteiger partial charge in [-0.25, -0.2) is 4.98 Å². The fourth-order valence-corrected chi connectivity index (χ4v) is 4.04. The van der Waals surface area contributed by atoms with Crippen molar-refractivity contribution in [2.75, 3.05) is 5.32 Å². The molecule has 136 valence electrons. The lowest BCUT2D eigenvalue weighted by Crippen LogP contribution is -2.30. The van der Waals surface area contributed by atoms with Crippen LogP contribution in [0.1, 0.15) is 19.3 Å². The van der Waals surface area contributed by atoms with E-state index in [0.29, 0.717) is 11.6 Å². The number of H-pyrrole nitrogens is 1. The van der Waals surface area contributed by atoms with Gasteiger partial charge in [0.1, 0.15) is 0 Å². The molecule has 6 nitrogen and oxygen atoms in total. The van der Waals surface area contributed by atoms with Crippen LogP contribution in [0, 0.1) is 5.92 Å². The molecule has 3 atom stereocenters. The number of carbonyl (C=O) groups is 1. The van der Waals surface area contributed by atoms with E-state index >= 15 is 0 Å². The van der Waals surface area contributed by atoms with Gasteiger partial charge in [0.25, 0.3) is 0 Å². The van der Waals surface area contributed by atoms with Crippen LogP contribution in [-0.4, -0.2) is 33.3 Å². The second kappa shape index (κ2) is 6.63. The number of benzene rings is 2. The maximum absolute atomic E-state index is 12.8. The van der Waals surface area contributed by atoms with Crippen LogP contribution in [0.25, 0.3) is 22.8 Å². The highest BCUT2D eigenvalue weighted by atomic mass is 16.5. The smallest absolute Gasteiger partial charge is 0.230 e. The van der Waals surface area contributed by atoms with Gasteiger partial charge in [0.15, 0.2) is 11.6 Å². The summed E-state index contributed by atoms with van der Waals surface area (Å²) >= 11 is 0. The van der Waals surface area contributed by atoms with E-state index in [1.165, 1.54) is 0 Å². The van der Waals surface area contributed by atoms with E-state index in [9.17, 15) is 4.79 Å². The summed E-state index contributed by atoms with van der Waals surface area (Å²) in [6.07, 6.45) is 3.19. The molecule has 0 aliphatic carbocycles. The van der Waals surface area contributed by atoms with Gasteiger partial charge < -0.3 is 10.1 Å². The first kappa shape index (κ1) is 16.2. The van der Waals surface area contributed by atoms with Gasteiger partial charge in [-0.15, -0.1) is 0 Å². The summed E-state index contributed by atoms with van der Waals surface area (Å²) in [7, 11) is 0. The first-order chi connectivity index (χ1) is 13.3. The zero-order valence-electron chi connectivity index (χ0n) is 14.8. The monoisotopic (exact) mass is 360 g/mol. The molecular weight excluding hydrogens is 340 g/mol. The van der Waals surface area contributed by atoms with E-state index in [1.54, 1.807) is 0 Å². The van der Waals surface area contributed by atoms with Crippen molar-refractivity contribution in [1.82, 2.24) is 15.2 Å². The molecule has 3 aromatic rings. The number of amides is 1. The molecule has 3 heterocycles. The van der Waals surface area contributed by atoms with Crippen LogP contribution in [0.3, 0.4) is 0 Å². The topological polar surface area (TPSA) is 79.9 Å². The minimum atomic E-state index is -0.0635. The van der Waals surface area contributed by atoms with Crippen LogP contribution in [-0.2, 0) is 9.53 Å². The Bertz CT molecular complexity index is 969. The number of aromatic nitrogens is 3. The molecule has 5 rings (SSSR count). The number of carbonyl (C=O) groups excluding carboxylic acids is 1. The molecule has 1 aromatic heterocycles. The predicted octanol–water partition coefficient (Wildman–Crippen LogP) is 3.64. The molecule has 0 radical (unpaired) electrons. The van der Waals surface area contributed by atoms with Crippen molar-refractivity contribution in [1.29, 1.82) is 0 Å². The van der Waals surface area contributed by atoms with E-state index in [-0.39, 0.29) is 24.0 Å². The Kier molecular flexibility index (Phi) is 3.98. The number of aromatic amines is 1. The number of ether oxygens (including phenoxy) is 1. The zero-order chi connectivity index (χ0) is 18.2. The second-order valence-electron chi connectivity index (χ2n) is 7.12. The third-order valence-corrected chi connectivity index (χ3v) is 5.40. The quantitative estimate of drug-likeness (QED) is 0.744. The van der Waals surface area contributed by atoms with Crippen molar-refractivity contribution in [2.45, 2.75) is 31.5 Å². The van der Waals surface area contributed by atoms with Crippen LogP contribution in [0.15, 0.2) is 54.6 Å². The summed E-state index contributed by atoms with van der Waals surface area (Å²) in [5.41, 5.74) is 2.51. The van der Waals surface area contributed by atoms with E-state index in [0.717, 1.165) is 36.1 Å². The van der Waals surface area contributed by atoms with Gasteiger partial charge in [-0.2, -0.15) is 5.10 Å². The Morgan fingerprint density at radius 3 is 2.67 bits per heavy atom. The number of hydrogen-bond acceptors (Lipinski definition) is 4. The van der Waals surface area contributed by atoms with Gasteiger partial charge in [0.05, 0.1) is 23.8 Å². The summed E-state index contributed by atoms with van der Waals surface area (Å²) < 4.78 is 5.82.